The first-order chi connectivity index (χ1) is 9.71. The molecular formula is C16H22N2O2. The van der Waals surface area contributed by atoms with E-state index < -0.39 is 6.10 Å². The minimum Gasteiger partial charge on any atom is -0.493 e. The van der Waals surface area contributed by atoms with Crippen LogP contribution in [0.5, 0.6) is 5.75 Å². The molecule has 1 aromatic carbocycles. The van der Waals surface area contributed by atoms with Crippen molar-refractivity contribution in [2.75, 3.05) is 6.61 Å². The zero-order valence-electron chi connectivity index (χ0n) is 12.3. The number of ether oxygens (including phenoxy) is 1. The zero-order chi connectivity index (χ0) is 14.5. The molecule has 0 amide bonds. The molecule has 0 saturated carbocycles. The summed E-state index contributed by atoms with van der Waals surface area (Å²) in [5, 5.41) is 15.2. The first kappa shape index (κ1) is 14.6. The number of benzene rings is 1. The number of aliphatic hydroxyl groups excluding tert-OH is 1. The minimum absolute atomic E-state index is 0.580. The molecule has 1 heterocycles. The number of hydrogen-bond acceptors (Lipinski definition) is 3. The van der Waals surface area contributed by atoms with Crippen molar-refractivity contribution in [3.05, 3.63) is 47.3 Å². The summed E-state index contributed by atoms with van der Waals surface area (Å²) < 4.78 is 7.45. The Bertz CT molecular complexity index is 563. The summed E-state index contributed by atoms with van der Waals surface area (Å²) in [4.78, 5) is 0. The van der Waals surface area contributed by atoms with Crippen molar-refractivity contribution in [1.29, 1.82) is 0 Å². The Morgan fingerprint density at radius 1 is 1.25 bits per heavy atom. The van der Waals surface area contributed by atoms with Gasteiger partial charge in [0.05, 0.1) is 18.0 Å². The molecule has 2 rings (SSSR count). The summed E-state index contributed by atoms with van der Waals surface area (Å²) >= 11 is 0. The molecule has 108 valence electrons. The Balaban J connectivity index is 2.40. The van der Waals surface area contributed by atoms with Crippen molar-refractivity contribution in [3.63, 3.8) is 0 Å². The van der Waals surface area contributed by atoms with Gasteiger partial charge in [0.25, 0.3) is 0 Å². The highest BCUT2D eigenvalue weighted by molar-refractivity contribution is 5.39. The topological polar surface area (TPSA) is 47.3 Å². The van der Waals surface area contributed by atoms with Crippen LogP contribution in [-0.4, -0.2) is 21.5 Å². The third-order valence-electron chi connectivity index (χ3n) is 3.32. The second kappa shape index (κ2) is 6.57. The lowest BCUT2D eigenvalue weighted by Crippen LogP contribution is -2.10. The maximum absolute atomic E-state index is 10.7. The molecule has 20 heavy (non-hydrogen) atoms. The number of aromatic nitrogens is 2. The van der Waals surface area contributed by atoms with Crippen molar-refractivity contribution in [2.45, 2.75) is 39.8 Å². The van der Waals surface area contributed by atoms with Crippen molar-refractivity contribution in [2.24, 2.45) is 0 Å². The van der Waals surface area contributed by atoms with Gasteiger partial charge in [-0.25, -0.2) is 0 Å². The molecule has 0 spiro atoms. The summed E-state index contributed by atoms with van der Waals surface area (Å²) in [6, 6.07) is 9.57. The van der Waals surface area contributed by atoms with Gasteiger partial charge in [-0.15, -0.1) is 0 Å². The van der Waals surface area contributed by atoms with Crippen LogP contribution in [0.25, 0.3) is 0 Å². The monoisotopic (exact) mass is 274 g/mol. The lowest BCUT2D eigenvalue weighted by molar-refractivity contribution is 0.200. The number of nitrogens with zero attached hydrogens (tertiary/aromatic N) is 2. The third-order valence-corrected chi connectivity index (χ3v) is 3.32. The molecule has 1 aromatic heterocycles. The van der Waals surface area contributed by atoms with E-state index in [1.807, 2.05) is 48.9 Å². The van der Waals surface area contributed by atoms with E-state index in [0.717, 1.165) is 35.7 Å². The fourth-order valence-electron chi connectivity index (χ4n) is 2.29. The molecule has 0 fully saturated rings. The summed E-state index contributed by atoms with van der Waals surface area (Å²) in [6.45, 7) is 7.35. The van der Waals surface area contributed by atoms with E-state index in [1.54, 1.807) is 0 Å². The second-order valence-corrected chi connectivity index (χ2v) is 4.60. The molecule has 0 aliphatic heterocycles. The van der Waals surface area contributed by atoms with E-state index in [1.165, 1.54) is 0 Å². The summed E-state index contributed by atoms with van der Waals surface area (Å²) in [5.74, 6) is 0.726. The first-order valence-electron chi connectivity index (χ1n) is 7.17. The van der Waals surface area contributed by atoms with Crippen LogP contribution in [0.3, 0.4) is 0 Å². The maximum atomic E-state index is 10.7. The smallest absolute Gasteiger partial charge is 0.125 e. The van der Waals surface area contributed by atoms with Crippen LogP contribution in [0.1, 0.15) is 43.8 Å². The first-order valence-corrected chi connectivity index (χ1v) is 7.17. The number of para-hydroxylation sites is 1. The van der Waals surface area contributed by atoms with Crippen molar-refractivity contribution in [1.82, 2.24) is 9.78 Å². The largest absolute Gasteiger partial charge is 0.493 e. The van der Waals surface area contributed by atoms with Gasteiger partial charge < -0.3 is 9.84 Å². The van der Waals surface area contributed by atoms with E-state index in [2.05, 4.69) is 12.0 Å². The fourth-order valence-corrected chi connectivity index (χ4v) is 2.29. The highest BCUT2D eigenvalue weighted by Gasteiger charge is 2.20. The van der Waals surface area contributed by atoms with Gasteiger partial charge in [0.2, 0.25) is 0 Å². The van der Waals surface area contributed by atoms with Crippen molar-refractivity contribution < 1.29 is 9.84 Å². The zero-order valence-corrected chi connectivity index (χ0v) is 12.3. The number of aliphatic hydroxyl groups is 1. The average Bonchev–Trinajstić information content (AvgIpc) is 2.91. The number of hydrogen-bond donors (Lipinski definition) is 1. The molecule has 1 unspecified atom stereocenters. The number of aryl methyl sites for hydroxylation is 2. The van der Waals surface area contributed by atoms with Crippen LogP contribution in [0.4, 0.5) is 0 Å². The third kappa shape index (κ3) is 2.85. The Hall–Kier alpha value is -1.81. The molecule has 2 aromatic rings. The van der Waals surface area contributed by atoms with Crippen LogP contribution in [0.15, 0.2) is 30.3 Å². The van der Waals surface area contributed by atoms with Gasteiger partial charge in [0, 0.05) is 12.1 Å². The van der Waals surface area contributed by atoms with Gasteiger partial charge in [-0.2, -0.15) is 5.10 Å². The van der Waals surface area contributed by atoms with Gasteiger partial charge in [-0.1, -0.05) is 25.1 Å². The molecule has 1 atom stereocenters. The SMILES string of the molecule is CCOc1ccccc1C(O)c1cc(CC)nn1CC. The molecule has 4 nitrogen and oxygen atoms in total. The average molecular weight is 274 g/mol. The quantitative estimate of drug-likeness (QED) is 0.881. The highest BCUT2D eigenvalue weighted by atomic mass is 16.5. The van der Waals surface area contributed by atoms with E-state index >= 15 is 0 Å². The van der Waals surface area contributed by atoms with Gasteiger partial charge in [0.15, 0.2) is 0 Å². The maximum Gasteiger partial charge on any atom is 0.125 e. The Morgan fingerprint density at radius 2 is 2.00 bits per heavy atom. The predicted molar refractivity (Wildman–Crippen MR) is 79.0 cm³/mol. The van der Waals surface area contributed by atoms with E-state index in [0.29, 0.717) is 6.61 Å². The van der Waals surface area contributed by atoms with E-state index in [4.69, 9.17) is 4.74 Å². The number of rotatable bonds is 6. The lowest BCUT2D eigenvalue weighted by Gasteiger charge is -2.16. The molecule has 0 aliphatic rings. The van der Waals surface area contributed by atoms with Crippen LogP contribution in [0, 0.1) is 0 Å². The molecule has 4 heteroatoms. The molecule has 0 radical (unpaired) electrons. The molecule has 0 saturated heterocycles. The molecule has 0 aliphatic carbocycles. The van der Waals surface area contributed by atoms with Gasteiger partial charge in [0.1, 0.15) is 11.9 Å². The van der Waals surface area contributed by atoms with E-state index in [9.17, 15) is 5.11 Å². The van der Waals surface area contributed by atoms with Crippen LogP contribution in [-0.2, 0) is 13.0 Å². The standard InChI is InChI=1S/C16H22N2O2/c1-4-12-11-14(18(5-2)17-12)16(19)13-9-7-8-10-15(13)20-6-3/h7-11,16,19H,4-6H2,1-3H3. The van der Waals surface area contributed by atoms with Crippen LogP contribution < -0.4 is 4.74 Å². The van der Waals surface area contributed by atoms with E-state index in [-0.39, 0.29) is 0 Å². The molecule has 0 bridgehead atoms. The fraction of sp³-hybridized carbons (Fsp3) is 0.438. The Kier molecular flexibility index (Phi) is 4.79. The Labute approximate surface area is 120 Å². The van der Waals surface area contributed by atoms with Crippen LogP contribution >= 0.6 is 0 Å². The summed E-state index contributed by atoms with van der Waals surface area (Å²) in [5.41, 5.74) is 2.60. The summed E-state index contributed by atoms with van der Waals surface area (Å²) in [6.07, 6.45) is 0.144. The van der Waals surface area contributed by atoms with Gasteiger partial charge in [-0.05, 0) is 32.4 Å². The van der Waals surface area contributed by atoms with Crippen molar-refractivity contribution in [3.8, 4) is 5.75 Å². The summed E-state index contributed by atoms with van der Waals surface area (Å²) in [7, 11) is 0. The lowest BCUT2D eigenvalue weighted by atomic mass is 10.0. The molecular weight excluding hydrogens is 252 g/mol. The highest BCUT2D eigenvalue weighted by Crippen LogP contribution is 2.30. The Morgan fingerprint density at radius 3 is 2.65 bits per heavy atom. The van der Waals surface area contributed by atoms with Crippen molar-refractivity contribution >= 4 is 0 Å². The normalized spacial score (nSPS) is 12.4. The minimum atomic E-state index is -0.717. The van der Waals surface area contributed by atoms with Crippen LogP contribution in [0.2, 0.25) is 0 Å². The predicted octanol–water partition coefficient (Wildman–Crippen LogP) is 2.95. The van der Waals surface area contributed by atoms with Gasteiger partial charge in [-0.3, -0.25) is 4.68 Å². The second-order valence-electron chi connectivity index (χ2n) is 4.60. The molecule has 1 N–H and O–H groups in total. The van der Waals surface area contributed by atoms with Gasteiger partial charge >= 0.3 is 0 Å².